The van der Waals surface area contributed by atoms with Crippen LogP contribution in [-0.4, -0.2) is 36.2 Å². The normalized spacial score (nSPS) is 18.5. The van der Waals surface area contributed by atoms with E-state index in [0.717, 1.165) is 26.1 Å². The van der Waals surface area contributed by atoms with Gasteiger partial charge in [0, 0.05) is 24.5 Å². The van der Waals surface area contributed by atoms with Crippen LogP contribution in [0.4, 0.5) is 0 Å². The summed E-state index contributed by atoms with van der Waals surface area (Å²) < 4.78 is 4.95. The molecule has 1 N–H and O–H groups in total. The molecule has 1 atom stereocenters. The van der Waals surface area contributed by atoms with E-state index in [1.165, 1.54) is 17.2 Å². The van der Waals surface area contributed by atoms with Gasteiger partial charge in [-0.3, -0.25) is 14.5 Å². The van der Waals surface area contributed by atoms with Crippen molar-refractivity contribution in [1.82, 2.24) is 10.2 Å². The Labute approximate surface area is 132 Å². The number of hydrogen-bond donors (Lipinski definition) is 1. The van der Waals surface area contributed by atoms with E-state index in [9.17, 15) is 9.59 Å². The molecule has 116 valence electrons. The molecule has 1 aliphatic heterocycles. The molecule has 2 aromatic heterocycles. The van der Waals surface area contributed by atoms with E-state index in [0.29, 0.717) is 12.5 Å². The third-order valence-electron chi connectivity index (χ3n) is 3.83. The molecule has 1 saturated heterocycles. The van der Waals surface area contributed by atoms with E-state index >= 15 is 0 Å². The number of Topliss-reactive ketones (excluding diaryl/α,β-unsaturated/α-hetero) is 1. The SMILES string of the molecule is O=C(NC[C@H]1CCN(Cc2cccs2)C1)C(=O)c1ccco1. The van der Waals surface area contributed by atoms with E-state index in [-0.39, 0.29) is 5.76 Å². The van der Waals surface area contributed by atoms with Crippen molar-refractivity contribution in [3.63, 3.8) is 0 Å². The first-order valence-corrected chi connectivity index (χ1v) is 8.21. The van der Waals surface area contributed by atoms with Crippen LogP contribution in [0.15, 0.2) is 40.3 Å². The van der Waals surface area contributed by atoms with Crippen molar-refractivity contribution in [2.45, 2.75) is 13.0 Å². The molecule has 2 aromatic rings. The standard InChI is InChI=1S/C16H18N2O3S/c19-15(14-4-1-7-21-14)16(20)17-9-12-5-6-18(10-12)11-13-3-2-8-22-13/h1-4,7-8,12H,5-6,9-11H2,(H,17,20)/t12-/m1/s1. The fourth-order valence-corrected chi connectivity index (χ4v) is 3.43. The van der Waals surface area contributed by atoms with Crippen LogP contribution in [0.1, 0.15) is 21.9 Å². The Bertz CT molecular complexity index is 622. The fraction of sp³-hybridized carbons (Fsp3) is 0.375. The highest BCUT2D eigenvalue weighted by atomic mass is 32.1. The molecule has 6 heteroatoms. The summed E-state index contributed by atoms with van der Waals surface area (Å²) in [6, 6.07) is 7.30. The first-order valence-electron chi connectivity index (χ1n) is 7.33. The average molecular weight is 318 g/mol. The maximum atomic E-state index is 11.8. The topological polar surface area (TPSA) is 62.6 Å². The predicted molar refractivity (Wildman–Crippen MR) is 83.8 cm³/mol. The largest absolute Gasteiger partial charge is 0.461 e. The summed E-state index contributed by atoms with van der Waals surface area (Å²) >= 11 is 1.77. The lowest BCUT2D eigenvalue weighted by Gasteiger charge is -2.15. The smallest absolute Gasteiger partial charge is 0.295 e. The average Bonchev–Trinajstić information content (AvgIpc) is 3.27. The number of carbonyl (C=O) groups excluding carboxylic acids is 2. The molecular formula is C16H18N2O3S. The fourth-order valence-electron chi connectivity index (χ4n) is 2.68. The highest BCUT2D eigenvalue weighted by Crippen LogP contribution is 2.20. The van der Waals surface area contributed by atoms with Gasteiger partial charge in [-0.1, -0.05) is 6.07 Å². The van der Waals surface area contributed by atoms with Crippen molar-refractivity contribution >= 4 is 23.0 Å². The molecule has 1 aliphatic rings. The monoisotopic (exact) mass is 318 g/mol. The molecule has 0 bridgehead atoms. The highest BCUT2D eigenvalue weighted by molar-refractivity contribution is 7.09. The first kappa shape index (κ1) is 15.0. The minimum absolute atomic E-state index is 0.0863. The van der Waals surface area contributed by atoms with Gasteiger partial charge >= 0.3 is 0 Å². The Morgan fingerprint density at radius 3 is 3.00 bits per heavy atom. The van der Waals surface area contributed by atoms with E-state index < -0.39 is 11.7 Å². The van der Waals surface area contributed by atoms with Gasteiger partial charge in [0.2, 0.25) is 0 Å². The number of carbonyl (C=O) groups is 2. The van der Waals surface area contributed by atoms with Crippen LogP contribution in [0.2, 0.25) is 0 Å². The van der Waals surface area contributed by atoms with Gasteiger partial charge in [0.25, 0.3) is 11.7 Å². The van der Waals surface area contributed by atoms with E-state index in [4.69, 9.17) is 4.42 Å². The number of hydrogen-bond acceptors (Lipinski definition) is 5. The molecule has 3 rings (SSSR count). The van der Waals surface area contributed by atoms with E-state index in [2.05, 4.69) is 27.7 Å². The van der Waals surface area contributed by atoms with Gasteiger partial charge in [-0.2, -0.15) is 0 Å². The van der Waals surface area contributed by atoms with Gasteiger partial charge in [0.1, 0.15) is 0 Å². The number of thiophene rings is 1. The predicted octanol–water partition coefficient (Wildman–Crippen LogP) is 2.16. The quantitative estimate of drug-likeness (QED) is 0.655. The minimum Gasteiger partial charge on any atom is -0.461 e. The van der Waals surface area contributed by atoms with Crippen molar-refractivity contribution in [2.24, 2.45) is 5.92 Å². The third-order valence-corrected chi connectivity index (χ3v) is 4.69. The maximum Gasteiger partial charge on any atom is 0.295 e. The molecular weight excluding hydrogens is 300 g/mol. The lowest BCUT2D eigenvalue weighted by molar-refractivity contribution is -0.117. The molecule has 22 heavy (non-hydrogen) atoms. The van der Waals surface area contributed by atoms with Crippen molar-refractivity contribution in [1.29, 1.82) is 0 Å². The van der Waals surface area contributed by atoms with Gasteiger partial charge in [-0.25, -0.2) is 0 Å². The summed E-state index contributed by atoms with van der Waals surface area (Å²) in [7, 11) is 0. The number of nitrogens with one attached hydrogen (secondary N) is 1. The summed E-state index contributed by atoms with van der Waals surface area (Å²) in [5.74, 6) is -0.721. The lowest BCUT2D eigenvalue weighted by Crippen LogP contribution is -2.35. The van der Waals surface area contributed by atoms with Crippen LogP contribution in [0.5, 0.6) is 0 Å². The van der Waals surface area contributed by atoms with Crippen molar-refractivity contribution < 1.29 is 14.0 Å². The maximum absolute atomic E-state index is 11.8. The van der Waals surface area contributed by atoms with Gasteiger partial charge in [-0.05, 0) is 42.5 Å². The zero-order valence-electron chi connectivity index (χ0n) is 12.2. The minimum atomic E-state index is -0.613. The van der Waals surface area contributed by atoms with Crippen molar-refractivity contribution in [2.75, 3.05) is 19.6 Å². The molecule has 0 unspecified atom stereocenters. The van der Waals surface area contributed by atoms with Gasteiger partial charge in [-0.15, -0.1) is 11.3 Å². The lowest BCUT2D eigenvalue weighted by atomic mass is 10.1. The first-order chi connectivity index (χ1) is 10.7. The number of rotatable bonds is 6. The van der Waals surface area contributed by atoms with E-state index in [1.807, 2.05) is 0 Å². The summed E-state index contributed by atoms with van der Waals surface area (Å²) in [6.07, 6.45) is 2.43. The molecule has 0 radical (unpaired) electrons. The summed E-state index contributed by atoms with van der Waals surface area (Å²) in [6.45, 7) is 3.48. The number of likely N-dealkylation sites (tertiary alicyclic amines) is 1. The van der Waals surface area contributed by atoms with Crippen LogP contribution in [0.3, 0.4) is 0 Å². The Morgan fingerprint density at radius 2 is 2.27 bits per heavy atom. The molecule has 1 amide bonds. The third kappa shape index (κ3) is 3.64. The summed E-state index contributed by atoms with van der Waals surface area (Å²) in [5, 5.41) is 4.81. The van der Waals surface area contributed by atoms with Crippen LogP contribution < -0.4 is 5.32 Å². The number of amides is 1. The number of nitrogens with zero attached hydrogens (tertiary/aromatic N) is 1. The Kier molecular flexibility index (Phi) is 4.70. The molecule has 0 spiro atoms. The second-order valence-electron chi connectivity index (χ2n) is 5.49. The number of furan rings is 1. The van der Waals surface area contributed by atoms with Gasteiger partial charge < -0.3 is 9.73 Å². The Hall–Kier alpha value is -1.92. The second kappa shape index (κ2) is 6.89. The Morgan fingerprint density at radius 1 is 1.36 bits per heavy atom. The molecule has 0 saturated carbocycles. The van der Waals surface area contributed by atoms with E-state index in [1.54, 1.807) is 17.4 Å². The van der Waals surface area contributed by atoms with Gasteiger partial charge in [0.15, 0.2) is 5.76 Å². The van der Waals surface area contributed by atoms with Gasteiger partial charge in [0.05, 0.1) is 6.26 Å². The number of ketones is 1. The zero-order chi connectivity index (χ0) is 15.4. The van der Waals surface area contributed by atoms with Crippen LogP contribution in [0.25, 0.3) is 0 Å². The zero-order valence-corrected chi connectivity index (χ0v) is 13.0. The summed E-state index contributed by atoms with van der Waals surface area (Å²) in [4.78, 5) is 27.3. The van der Waals surface area contributed by atoms with Crippen LogP contribution >= 0.6 is 11.3 Å². The van der Waals surface area contributed by atoms with Crippen LogP contribution in [0, 0.1) is 5.92 Å². The highest BCUT2D eigenvalue weighted by Gasteiger charge is 2.25. The molecule has 0 aromatic carbocycles. The van der Waals surface area contributed by atoms with Crippen LogP contribution in [-0.2, 0) is 11.3 Å². The van der Waals surface area contributed by atoms with Crippen molar-refractivity contribution in [3.05, 3.63) is 46.5 Å². The summed E-state index contributed by atoms with van der Waals surface area (Å²) in [5.41, 5.74) is 0. The van der Waals surface area contributed by atoms with Crippen molar-refractivity contribution in [3.8, 4) is 0 Å². The second-order valence-corrected chi connectivity index (χ2v) is 6.52. The Balaban J connectivity index is 1.43. The molecule has 0 aliphatic carbocycles. The molecule has 5 nitrogen and oxygen atoms in total. The molecule has 1 fully saturated rings. The molecule has 3 heterocycles.